The van der Waals surface area contributed by atoms with Gasteiger partial charge in [0.05, 0.1) is 18.2 Å². The second-order valence-corrected chi connectivity index (χ2v) is 7.85. The van der Waals surface area contributed by atoms with Crippen LogP contribution < -0.4 is 10.6 Å². The smallest absolute Gasteiger partial charge is 0.224 e. The van der Waals surface area contributed by atoms with Crippen LogP contribution in [0.15, 0.2) is 30.5 Å². The van der Waals surface area contributed by atoms with E-state index >= 15 is 0 Å². The first-order chi connectivity index (χ1) is 13.6. The fraction of sp³-hybridized carbons (Fsp3) is 0.550. The van der Waals surface area contributed by atoms with Gasteiger partial charge in [-0.25, -0.2) is 4.39 Å². The van der Waals surface area contributed by atoms with Gasteiger partial charge in [-0.1, -0.05) is 17.3 Å². The average molecular weight is 386 g/mol. The Morgan fingerprint density at radius 2 is 2.11 bits per heavy atom. The number of nitrogens with one attached hydrogen (secondary N) is 2. The third-order valence-corrected chi connectivity index (χ3v) is 5.94. The molecule has 2 aromatic rings. The Morgan fingerprint density at radius 3 is 2.82 bits per heavy atom. The minimum Gasteiger partial charge on any atom is -0.352 e. The number of fused-ring (bicyclic) bond motifs is 3. The standard InChI is InChI=1S/C20H27FN6O/c1-22-10-17-11-27(25-24-17)12-18-8-15-6-7-26(18)13-19(15)20(28)23-9-14-2-4-16(21)5-3-14/h2-5,11,15,18-19,22H,6-10,12-13H2,1H3,(H,23,28)/t15-,18-,19+/m1/s1. The summed E-state index contributed by atoms with van der Waals surface area (Å²) in [5, 5.41) is 14.5. The second kappa shape index (κ2) is 8.36. The zero-order valence-electron chi connectivity index (χ0n) is 16.1. The van der Waals surface area contributed by atoms with E-state index in [1.54, 1.807) is 12.1 Å². The van der Waals surface area contributed by atoms with Gasteiger partial charge in [-0.2, -0.15) is 0 Å². The lowest BCUT2D eigenvalue weighted by Crippen LogP contribution is -2.58. The number of benzene rings is 1. The van der Waals surface area contributed by atoms with Crippen LogP contribution in [0.25, 0.3) is 0 Å². The Hall–Kier alpha value is -2.32. The molecule has 3 aliphatic rings. The van der Waals surface area contributed by atoms with Crippen molar-refractivity contribution in [2.75, 3.05) is 20.1 Å². The molecule has 0 radical (unpaired) electrons. The lowest BCUT2D eigenvalue weighted by Gasteiger charge is -2.49. The Labute approximate surface area is 164 Å². The molecule has 0 aliphatic carbocycles. The summed E-state index contributed by atoms with van der Waals surface area (Å²) in [5.41, 5.74) is 1.86. The van der Waals surface area contributed by atoms with E-state index in [0.29, 0.717) is 25.0 Å². The van der Waals surface area contributed by atoms with Gasteiger partial charge in [0.1, 0.15) is 5.82 Å². The highest BCUT2D eigenvalue weighted by Gasteiger charge is 2.43. The van der Waals surface area contributed by atoms with Crippen LogP contribution in [0.3, 0.4) is 0 Å². The SMILES string of the molecule is CNCc1cn(C[C@H]2C[C@H]3CCN2C[C@@H]3C(=O)NCc2ccc(F)cc2)nn1. The van der Waals surface area contributed by atoms with Crippen molar-refractivity contribution in [3.63, 3.8) is 0 Å². The summed E-state index contributed by atoms with van der Waals surface area (Å²) in [6.07, 6.45) is 4.07. The number of rotatable bonds is 7. The van der Waals surface area contributed by atoms with E-state index in [1.807, 2.05) is 17.9 Å². The Bertz CT molecular complexity index is 807. The summed E-state index contributed by atoms with van der Waals surface area (Å²) >= 11 is 0. The Kier molecular flexibility index (Phi) is 5.68. The zero-order valence-corrected chi connectivity index (χ0v) is 16.1. The number of piperidine rings is 3. The van der Waals surface area contributed by atoms with Crippen LogP contribution in [0, 0.1) is 17.7 Å². The number of aromatic nitrogens is 3. The van der Waals surface area contributed by atoms with Gasteiger partial charge in [-0.3, -0.25) is 14.4 Å². The highest BCUT2D eigenvalue weighted by atomic mass is 19.1. The molecule has 5 rings (SSSR count). The summed E-state index contributed by atoms with van der Waals surface area (Å²) in [6, 6.07) is 6.67. The molecule has 1 aromatic carbocycles. The van der Waals surface area contributed by atoms with E-state index in [2.05, 4.69) is 25.8 Å². The molecule has 1 aromatic heterocycles. The monoisotopic (exact) mass is 386 g/mol. The molecule has 1 amide bonds. The van der Waals surface area contributed by atoms with Gasteiger partial charge in [0.25, 0.3) is 0 Å². The molecule has 0 saturated carbocycles. The van der Waals surface area contributed by atoms with E-state index < -0.39 is 0 Å². The van der Waals surface area contributed by atoms with Crippen molar-refractivity contribution in [1.82, 2.24) is 30.5 Å². The molecular formula is C20H27FN6O. The summed E-state index contributed by atoms with van der Waals surface area (Å²) in [7, 11) is 1.89. The molecule has 3 aliphatic heterocycles. The van der Waals surface area contributed by atoms with E-state index in [-0.39, 0.29) is 17.6 Å². The number of nitrogens with zero attached hydrogens (tertiary/aromatic N) is 4. The summed E-state index contributed by atoms with van der Waals surface area (Å²) in [5.74, 6) is 0.281. The molecule has 3 saturated heterocycles. The van der Waals surface area contributed by atoms with Crippen LogP contribution in [-0.2, 0) is 24.4 Å². The quantitative estimate of drug-likeness (QED) is 0.747. The highest BCUT2D eigenvalue weighted by Crippen LogP contribution is 2.37. The van der Waals surface area contributed by atoms with Gasteiger partial charge in [0, 0.05) is 31.9 Å². The van der Waals surface area contributed by atoms with Crippen molar-refractivity contribution in [3.05, 3.63) is 47.5 Å². The fourth-order valence-corrected chi connectivity index (χ4v) is 4.45. The molecule has 2 N–H and O–H groups in total. The minimum absolute atomic E-state index is 0.0287. The summed E-state index contributed by atoms with van der Waals surface area (Å²) in [4.78, 5) is 15.1. The molecule has 4 heterocycles. The minimum atomic E-state index is -0.260. The van der Waals surface area contributed by atoms with Crippen molar-refractivity contribution >= 4 is 5.91 Å². The van der Waals surface area contributed by atoms with Crippen molar-refractivity contribution < 1.29 is 9.18 Å². The lowest BCUT2D eigenvalue weighted by molar-refractivity contribution is -0.133. The molecule has 0 spiro atoms. The van der Waals surface area contributed by atoms with Crippen LogP contribution >= 0.6 is 0 Å². The molecule has 1 unspecified atom stereocenters. The predicted molar refractivity (Wildman–Crippen MR) is 103 cm³/mol. The van der Waals surface area contributed by atoms with Crippen molar-refractivity contribution in [1.29, 1.82) is 0 Å². The first kappa shape index (κ1) is 19.0. The van der Waals surface area contributed by atoms with Crippen LogP contribution in [0.2, 0.25) is 0 Å². The molecule has 150 valence electrons. The van der Waals surface area contributed by atoms with E-state index in [4.69, 9.17) is 0 Å². The number of halogens is 1. The van der Waals surface area contributed by atoms with Gasteiger partial charge >= 0.3 is 0 Å². The van der Waals surface area contributed by atoms with Crippen LogP contribution in [0.4, 0.5) is 4.39 Å². The topological polar surface area (TPSA) is 75.1 Å². The molecule has 8 heteroatoms. The lowest BCUT2D eigenvalue weighted by atomic mass is 9.75. The van der Waals surface area contributed by atoms with Gasteiger partial charge in [0.15, 0.2) is 0 Å². The largest absolute Gasteiger partial charge is 0.352 e. The Balaban J connectivity index is 1.31. The molecule has 4 atom stereocenters. The highest BCUT2D eigenvalue weighted by molar-refractivity contribution is 5.79. The third kappa shape index (κ3) is 4.23. The zero-order chi connectivity index (χ0) is 19.5. The summed E-state index contributed by atoms with van der Waals surface area (Å²) in [6.45, 7) is 3.81. The molecular weight excluding hydrogens is 359 g/mol. The summed E-state index contributed by atoms with van der Waals surface area (Å²) < 4.78 is 14.9. The van der Waals surface area contributed by atoms with Crippen LogP contribution in [0.5, 0.6) is 0 Å². The molecule has 7 nitrogen and oxygen atoms in total. The Morgan fingerprint density at radius 1 is 1.29 bits per heavy atom. The number of hydrogen-bond acceptors (Lipinski definition) is 5. The second-order valence-electron chi connectivity index (χ2n) is 7.85. The van der Waals surface area contributed by atoms with Gasteiger partial charge in [-0.15, -0.1) is 5.10 Å². The van der Waals surface area contributed by atoms with Crippen LogP contribution in [-0.4, -0.2) is 52.0 Å². The normalized spacial score (nSPS) is 26.4. The number of hydrogen-bond donors (Lipinski definition) is 2. The molecule has 2 bridgehead atoms. The first-order valence-electron chi connectivity index (χ1n) is 9.92. The first-order valence-corrected chi connectivity index (χ1v) is 9.92. The van der Waals surface area contributed by atoms with Crippen molar-refractivity contribution in [2.24, 2.45) is 11.8 Å². The van der Waals surface area contributed by atoms with Crippen LogP contribution in [0.1, 0.15) is 24.1 Å². The average Bonchev–Trinajstić information content (AvgIpc) is 3.15. The van der Waals surface area contributed by atoms with Gasteiger partial charge in [0.2, 0.25) is 5.91 Å². The maximum atomic E-state index is 13.0. The maximum Gasteiger partial charge on any atom is 0.224 e. The van der Waals surface area contributed by atoms with E-state index in [1.165, 1.54) is 12.1 Å². The van der Waals surface area contributed by atoms with E-state index in [9.17, 15) is 9.18 Å². The van der Waals surface area contributed by atoms with Gasteiger partial charge in [-0.05, 0) is 50.0 Å². The number of amides is 1. The molecule has 3 fully saturated rings. The predicted octanol–water partition coefficient (Wildman–Crippen LogP) is 1.16. The van der Waals surface area contributed by atoms with Gasteiger partial charge < -0.3 is 10.6 Å². The van der Waals surface area contributed by atoms with Crippen molar-refractivity contribution in [3.8, 4) is 0 Å². The maximum absolute atomic E-state index is 13.0. The number of carbonyl (C=O) groups excluding carboxylic acids is 1. The number of carbonyl (C=O) groups is 1. The van der Waals surface area contributed by atoms with Crippen molar-refractivity contribution in [2.45, 2.75) is 38.5 Å². The molecule has 28 heavy (non-hydrogen) atoms. The van der Waals surface area contributed by atoms with E-state index in [0.717, 1.165) is 43.7 Å². The third-order valence-electron chi connectivity index (χ3n) is 5.94. The fourth-order valence-electron chi connectivity index (χ4n) is 4.45.